The minimum atomic E-state index is -3.08. The molecule has 1 aliphatic carbocycles. The molecule has 1 heterocycles. The first-order chi connectivity index (χ1) is 12.7. The monoisotopic (exact) mass is 413 g/mol. The van der Waals surface area contributed by atoms with Gasteiger partial charge in [0, 0.05) is 18.1 Å². The van der Waals surface area contributed by atoms with Gasteiger partial charge in [0.1, 0.15) is 0 Å². The number of esters is 1. The molecule has 8 heteroatoms. The third-order valence-electron chi connectivity index (χ3n) is 5.72. The van der Waals surface area contributed by atoms with E-state index in [-0.39, 0.29) is 30.1 Å². The second-order valence-electron chi connectivity index (χ2n) is 7.43. The van der Waals surface area contributed by atoms with Crippen LogP contribution in [0.15, 0.2) is 24.3 Å². The fraction of sp³-hybridized carbons (Fsp3) is 0.579. The third-order valence-corrected chi connectivity index (χ3v) is 7.72. The molecule has 0 N–H and O–H groups in total. The highest BCUT2D eigenvalue weighted by Crippen LogP contribution is 2.42. The molecular formula is C19H24ClNO5S. The van der Waals surface area contributed by atoms with Crippen LogP contribution in [0.4, 0.5) is 0 Å². The van der Waals surface area contributed by atoms with Crippen LogP contribution in [0.2, 0.25) is 5.02 Å². The lowest BCUT2D eigenvalue weighted by molar-refractivity contribution is -0.157. The summed E-state index contributed by atoms with van der Waals surface area (Å²) in [4.78, 5) is 26.7. The van der Waals surface area contributed by atoms with Gasteiger partial charge in [0.05, 0.1) is 16.9 Å². The lowest BCUT2D eigenvalue weighted by Crippen LogP contribution is -2.42. The van der Waals surface area contributed by atoms with Crippen LogP contribution >= 0.6 is 11.6 Å². The summed E-state index contributed by atoms with van der Waals surface area (Å²) in [5.74, 6) is -0.718. The lowest BCUT2D eigenvalue weighted by Gasteiger charge is -2.28. The van der Waals surface area contributed by atoms with Gasteiger partial charge in [0.15, 0.2) is 16.4 Å². The fourth-order valence-electron chi connectivity index (χ4n) is 4.01. The summed E-state index contributed by atoms with van der Waals surface area (Å²) in [6.45, 7) is -0.374. The zero-order valence-corrected chi connectivity index (χ0v) is 16.9. The number of hydrogen-bond acceptors (Lipinski definition) is 5. The predicted molar refractivity (Wildman–Crippen MR) is 102 cm³/mol. The average Bonchev–Trinajstić information content (AvgIpc) is 3.26. The van der Waals surface area contributed by atoms with E-state index < -0.39 is 21.2 Å². The number of amides is 1. The van der Waals surface area contributed by atoms with Gasteiger partial charge < -0.3 is 9.64 Å². The largest absolute Gasteiger partial charge is 0.455 e. The maximum Gasteiger partial charge on any atom is 0.317 e. The van der Waals surface area contributed by atoms with E-state index in [2.05, 4.69) is 0 Å². The molecule has 3 rings (SSSR count). The minimum absolute atomic E-state index is 0.0299. The minimum Gasteiger partial charge on any atom is -0.455 e. The molecule has 1 saturated carbocycles. The fourth-order valence-corrected chi connectivity index (χ4v) is 5.91. The maximum atomic E-state index is 12.9. The first kappa shape index (κ1) is 20.1. The van der Waals surface area contributed by atoms with Gasteiger partial charge in [0.25, 0.3) is 5.91 Å². The topological polar surface area (TPSA) is 80.8 Å². The summed E-state index contributed by atoms with van der Waals surface area (Å²) >= 11 is 5.95. The van der Waals surface area contributed by atoms with Crippen LogP contribution in [0, 0.1) is 0 Å². The van der Waals surface area contributed by atoms with Gasteiger partial charge in [-0.15, -0.1) is 0 Å². The first-order valence-electron chi connectivity index (χ1n) is 9.13. The first-order valence-corrected chi connectivity index (χ1v) is 11.3. The number of halogens is 1. The number of benzene rings is 1. The summed E-state index contributed by atoms with van der Waals surface area (Å²) in [6, 6.07) is 6.84. The van der Waals surface area contributed by atoms with E-state index in [1.54, 1.807) is 19.2 Å². The van der Waals surface area contributed by atoms with E-state index in [4.69, 9.17) is 16.3 Å². The van der Waals surface area contributed by atoms with Crippen LogP contribution in [0.3, 0.4) is 0 Å². The highest BCUT2D eigenvalue weighted by Gasteiger charge is 2.44. The van der Waals surface area contributed by atoms with Crippen LogP contribution < -0.4 is 0 Å². The molecule has 0 spiro atoms. The van der Waals surface area contributed by atoms with Crippen LogP contribution in [0.5, 0.6) is 0 Å². The highest BCUT2D eigenvalue weighted by atomic mass is 35.5. The molecule has 1 aromatic carbocycles. The zero-order valence-electron chi connectivity index (χ0n) is 15.3. The number of ether oxygens (including phenoxy) is 1. The molecule has 0 bridgehead atoms. The predicted octanol–water partition coefficient (Wildman–Crippen LogP) is 2.34. The summed E-state index contributed by atoms with van der Waals surface area (Å²) < 4.78 is 28.6. The van der Waals surface area contributed by atoms with Crippen molar-refractivity contribution in [3.63, 3.8) is 0 Å². The van der Waals surface area contributed by atoms with Gasteiger partial charge in [-0.05, 0) is 37.0 Å². The van der Waals surface area contributed by atoms with Crippen molar-refractivity contribution >= 4 is 33.3 Å². The standard InChI is InChI=1S/C19H24ClNO5S/c1-21(16-8-11-27(24,25)13-16)17(22)12-26-18(23)19(9-2-3-10-19)14-4-6-15(20)7-5-14/h4-7,16H,2-3,8-13H2,1H3. The third kappa shape index (κ3) is 4.29. The van der Waals surface area contributed by atoms with Crippen molar-refractivity contribution in [3.8, 4) is 0 Å². The van der Waals surface area contributed by atoms with Crippen LogP contribution in [-0.4, -0.2) is 56.4 Å². The van der Waals surface area contributed by atoms with Crippen LogP contribution in [-0.2, 0) is 29.6 Å². The molecule has 2 fully saturated rings. The van der Waals surface area contributed by atoms with E-state index >= 15 is 0 Å². The van der Waals surface area contributed by atoms with Crippen molar-refractivity contribution in [2.24, 2.45) is 0 Å². The Morgan fingerprint density at radius 1 is 1.22 bits per heavy atom. The number of likely N-dealkylation sites (N-methyl/N-ethyl adjacent to an activating group) is 1. The van der Waals surface area contributed by atoms with Gasteiger partial charge >= 0.3 is 5.97 Å². The number of rotatable bonds is 5. The van der Waals surface area contributed by atoms with Gasteiger partial charge in [-0.3, -0.25) is 9.59 Å². The molecule has 1 unspecified atom stereocenters. The molecule has 27 heavy (non-hydrogen) atoms. The molecule has 0 radical (unpaired) electrons. The molecule has 1 aromatic rings. The van der Waals surface area contributed by atoms with Crippen molar-refractivity contribution < 1.29 is 22.7 Å². The smallest absolute Gasteiger partial charge is 0.317 e. The Morgan fingerprint density at radius 2 is 1.85 bits per heavy atom. The van der Waals surface area contributed by atoms with E-state index in [0.29, 0.717) is 24.3 Å². The van der Waals surface area contributed by atoms with Crippen molar-refractivity contribution in [2.45, 2.75) is 43.6 Å². The van der Waals surface area contributed by atoms with Gasteiger partial charge in [-0.1, -0.05) is 36.6 Å². The van der Waals surface area contributed by atoms with Crippen molar-refractivity contribution in [1.29, 1.82) is 0 Å². The average molecular weight is 414 g/mol. The SMILES string of the molecule is CN(C(=O)COC(=O)C1(c2ccc(Cl)cc2)CCCC1)C1CCS(=O)(=O)C1. The van der Waals surface area contributed by atoms with Crippen molar-refractivity contribution in [3.05, 3.63) is 34.9 Å². The number of nitrogens with zero attached hydrogens (tertiary/aromatic N) is 1. The second-order valence-corrected chi connectivity index (χ2v) is 10.1. The molecule has 2 aliphatic rings. The van der Waals surface area contributed by atoms with Gasteiger partial charge in [-0.25, -0.2) is 8.42 Å². The summed E-state index contributed by atoms with van der Waals surface area (Å²) in [7, 11) is -1.52. The highest BCUT2D eigenvalue weighted by molar-refractivity contribution is 7.91. The Balaban J connectivity index is 1.65. The van der Waals surface area contributed by atoms with E-state index in [1.165, 1.54) is 4.90 Å². The Morgan fingerprint density at radius 3 is 2.41 bits per heavy atom. The Bertz CT molecular complexity index is 815. The number of carbonyl (C=O) groups excluding carboxylic acids is 2. The number of sulfone groups is 1. The number of hydrogen-bond donors (Lipinski definition) is 0. The summed E-state index contributed by atoms with van der Waals surface area (Å²) in [5, 5.41) is 0.601. The van der Waals surface area contributed by atoms with Crippen LogP contribution in [0.1, 0.15) is 37.7 Å². The molecule has 148 valence electrons. The van der Waals surface area contributed by atoms with Gasteiger partial charge in [-0.2, -0.15) is 0 Å². The van der Waals surface area contributed by atoms with Crippen molar-refractivity contribution in [2.75, 3.05) is 25.2 Å². The second kappa shape index (κ2) is 7.80. The number of carbonyl (C=O) groups is 2. The normalized spacial score (nSPS) is 23.1. The molecule has 1 atom stereocenters. The van der Waals surface area contributed by atoms with Crippen LogP contribution in [0.25, 0.3) is 0 Å². The van der Waals surface area contributed by atoms with E-state index in [9.17, 15) is 18.0 Å². The Labute approximate surface area is 164 Å². The molecule has 1 saturated heterocycles. The van der Waals surface area contributed by atoms with E-state index in [0.717, 1.165) is 18.4 Å². The van der Waals surface area contributed by atoms with E-state index in [1.807, 2.05) is 12.1 Å². The molecule has 1 aliphatic heterocycles. The summed E-state index contributed by atoms with van der Waals surface area (Å²) in [6.07, 6.45) is 3.63. The summed E-state index contributed by atoms with van der Waals surface area (Å²) in [5.41, 5.74) is 0.122. The lowest BCUT2D eigenvalue weighted by atomic mass is 9.79. The zero-order chi connectivity index (χ0) is 19.7. The maximum absolute atomic E-state index is 12.9. The quantitative estimate of drug-likeness (QED) is 0.692. The molecular weight excluding hydrogens is 390 g/mol. The van der Waals surface area contributed by atoms with Gasteiger partial charge in [0.2, 0.25) is 0 Å². The molecule has 1 amide bonds. The Kier molecular flexibility index (Phi) is 5.82. The molecule has 6 nitrogen and oxygen atoms in total. The Hall–Kier alpha value is -1.60. The van der Waals surface area contributed by atoms with Crippen molar-refractivity contribution in [1.82, 2.24) is 4.90 Å². The molecule has 0 aromatic heterocycles.